The van der Waals surface area contributed by atoms with Gasteiger partial charge in [0.05, 0.1) is 12.3 Å². The van der Waals surface area contributed by atoms with Gasteiger partial charge in [0.2, 0.25) is 0 Å². The number of halogens is 4. The molecule has 194 valence electrons. The van der Waals surface area contributed by atoms with E-state index in [0.29, 0.717) is 22.5 Å². The van der Waals surface area contributed by atoms with Gasteiger partial charge in [-0.25, -0.2) is 17.6 Å². The van der Waals surface area contributed by atoms with Crippen LogP contribution in [0.4, 0.5) is 23.2 Å². The van der Waals surface area contributed by atoms with Crippen LogP contribution < -0.4 is 4.90 Å². The van der Waals surface area contributed by atoms with Gasteiger partial charge in [-0.3, -0.25) is 0 Å². The molecular weight excluding hydrogens is 468 g/mol. The molecule has 1 fully saturated rings. The fourth-order valence-electron chi connectivity index (χ4n) is 4.24. The lowest BCUT2D eigenvalue weighted by Gasteiger charge is -2.43. The maximum atomic E-state index is 15.1. The summed E-state index contributed by atoms with van der Waals surface area (Å²) in [5.41, 5.74) is 2.23. The van der Waals surface area contributed by atoms with Gasteiger partial charge in [-0.1, -0.05) is 52.0 Å². The Kier molecular flexibility index (Phi) is 9.81. The summed E-state index contributed by atoms with van der Waals surface area (Å²) in [5, 5.41) is 7.28. The second-order valence-electron chi connectivity index (χ2n) is 8.79. The van der Waals surface area contributed by atoms with Crippen molar-refractivity contribution in [2.45, 2.75) is 53.0 Å². The topological polar surface area (TPSA) is 31.2 Å². The molecule has 36 heavy (non-hydrogen) atoms. The minimum Gasteiger partial charge on any atom is -0.341 e. The first-order valence-corrected chi connectivity index (χ1v) is 12.5. The van der Waals surface area contributed by atoms with Crippen molar-refractivity contribution in [1.82, 2.24) is 4.90 Å². The van der Waals surface area contributed by atoms with Gasteiger partial charge in [-0.05, 0) is 37.2 Å². The summed E-state index contributed by atoms with van der Waals surface area (Å²) in [7, 11) is 0. The van der Waals surface area contributed by atoms with Gasteiger partial charge in [-0.2, -0.15) is 10.2 Å². The number of likely N-dealkylation sites (tertiary alicyclic amines) is 1. The molecule has 0 radical (unpaired) electrons. The van der Waals surface area contributed by atoms with Crippen LogP contribution in [0.1, 0.15) is 51.2 Å². The Morgan fingerprint density at radius 2 is 1.86 bits per heavy atom. The molecule has 0 bridgehead atoms. The number of benzene rings is 2. The number of anilines is 1. The third-order valence-electron chi connectivity index (χ3n) is 6.34. The van der Waals surface area contributed by atoms with E-state index in [2.05, 4.69) is 28.6 Å². The quantitative estimate of drug-likeness (QED) is 0.326. The normalized spacial score (nSPS) is 15.7. The zero-order valence-corrected chi connectivity index (χ0v) is 21.2. The van der Waals surface area contributed by atoms with Crippen LogP contribution in [0.25, 0.3) is 0 Å². The van der Waals surface area contributed by atoms with E-state index in [1.807, 2.05) is 18.7 Å². The molecule has 4 rings (SSSR count). The molecule has 0 atom stereocenters. The van der Waals surface area contributed by atoms with Gasteiger partial charge < -0.3 is 9.80 Å². The van der Waals surface area contributed by atoms with Crippen molar-refractivity contribution in [3.8, 4) is 0 Å². The van der Waals surface area contributed by atoms with E-state index < -0.39 is 12.2 Å². The van der Waals surface area contributed by atoms with Crippen molar-refractivity contribution < 1.29 is 17.6 Å². The summed E-state index contributed by atoms with van der Waals surface area (Å²) in [6.07, 6.45) is -0.506. The molecule has 0 N–H and O–H groups in total. The largest absolute Gasteiger partial charge is 0.341 e. The highest BCUT2D eigenvalue weighted by molar-refractivity contribution is 6.15. The Bertz CT molecular complexity index is 1110. The minimum absolute atomic E-state index is 0.0983. The zero-order valence-electron chi connectivity index (χ0n) is 21.2. The van der Waals surface area contributed by atoms with Crippen molar-refractivity contribution in [2.75, 3.05) is 24.5 Å². The fourth-order valence-corrected chi connectivity index (χ4v) is 4.24. The lowest BCUT2D eigenvalue weighted by atomic mass is 9.94. The average molecular weight is 503 g/mol. The van der Waals surface area contributed by atoms with Crippen LogP contribution in [0.3, 0.4) is 0 Å². The van der Waals surface area contributed by atoms with Gasteiger partial charge in [0.15, 0.2) is 0 Å². The van der Waals surface area contributed by atoms with E-state index in [-0.39, 0.29) is 30.4 Å². The Morgan fingerprint density at radius 1 is 1.11 bits per heavy atom. The van der Waals surface area contributed by atoms with Crippen molar-refractivity contribution in [1.29, 1.82) is 0 Å². The van der Waals surface area contributed by atoms with Crippen LogP contribution in [-0.4, -0.2) is 42.4 Å². The number of unbranched alkanes of at least 4 members (excludes halogenated alkanes) is 1. The maximum Gasteiger partial charge on any atom is 0.278 e. The number of hydrogen-bond acceptors (Lipinski definition) is 4. The molecule has 1 saturated heterocycles. The molecule has 0 saturated carbocycles. The first-order chi connectivity index (χ1) is 17.4. The van der Waals surface area contributed by atoms with Gasteiger partial charge >= 0.3 is 0 Å². The number of alkyl halides is 2. The fraction of sp³-hybridized carbons (Fsp3) is 0.429. The van der Waals surface area contributed by atoms with E-state index in [1.165, 1.54) is 18.2 Å². The highest BCUT2D eigenvalue weighted by atomic mass is 19.3. The van der Waals surface area contributed by atoms with Crippen molar-refractivity contribution in [3.05, 3.63) is 77.5 Å². The average Bonchev–Trinajstić information content (AvgIpc) is 3.34. The van der Waals surface area contributed by atoms with E-state index in [9.17, 15) is 13.2 Å². The minimum atomic E-state index is -2.68. The maximum absolute atomic E-state index is 15.1. The van der Waals surface area contributed by atoms with E-state index in [4.69, 9.17) is 0 Å². The summed E-state index contributed by atoms with van der Waals surface area (Å²) < 4.78 is 54.8. The standard InChI is InChI=1S/C26H28F4N4.C2H6/c1-3-4-10-33-14-20(15-33)17(2)34(22-7-5-6-21(27)12-22)16-19-9-8-18(11-23(19)28)24-13-25(26(29)30)32-31-24;1-2/h5-9,11-12,20,26H,2-4,10,13-16H2,1H3;1-2H3. The predicted molar refractivity (Wildman–Crippen MR) is 139 cm³/mol. The highest BCUT2D eigenvalue weighted by Gasteiger charge is 2.31. The van der Waals surface area contributed by atoms with Gasteiger partial charge in [-0.15, -0.1) is 0 Å². The number of nitrogens with zero attached hydrogens (tertiary/aromatic N) is 4. The summed E-state index contributed by atoms with van der Waals surface area (Å²) in [6, 6.07) is 10.8. The molecule has 2 aliphatic heterocycles. The van der Waals surface area contributed by atoms with Gasteiger partial charge in [0.1, 0.15) is 17.3 Å². The molecule has 2 aromatic carbocycles. The lowest BCUT2D eigenvalue weighted by molar-refractivity contribution is 0.120. The molecule has 4 nitrogen and oxygen atoms in total. The van der Waals surface area contributed by atoms with E-state index in [0.717, 1.165) is 38.2 Å². The van der Waals surface area contributed by atoms with E-state index >= 15 is 4.39 Å². The van der Waals surface area contributed by atoms with Crippen molar-refractivity contribution in [3.63, 3.8) is 0 Å². The second-order valence-corrected chi connectivity index (χ2v) is 8.79. The Morgan fingerprint density at radius 3 is 2.47 bits per heavy atom. The molecular formula is C28H34F4N4. The summed E-state index contributed by atoms with van der Waals surface area (Å²) in [5.74, 6) is -0.656. The van der Waals surface area contributed by atoms with Crippen LogP contribution in [0.5, 0.6) is 0 Å². The molecule has 0 aromatic heterocycles. The van der Waals surface area contributed by atoms with Gasteiger partial charge in [0, 0.05) is 47.9 Å². The molecule has 0 aliphatic carbocycles. The smallest absolute Gasteiger partial charge is 0.278 e. The molecule has 2 aliphatic rings. The highest BCUT2D eigenvalue weighted by Crippen LogP contribution is 2.32. The van der Waals surface area contributed by atoms with Crippen LogP contribution in [0.15, 0.2) is 64.9 Å². The van der Waals surface area contributed by atoms with Crippen LogP contribution in [0.2, 0.25) is 0 Å². The summed E-state index contributed by atoms with van der Waals surface area (Å²) in [6.45, 7) is 13.4. The number of rotatable bonds is 10. The van der Waals surface area contributed by atoms with Crippen LogP contribution in [0, 0.1) is 17.6 Å². The third kappa shape index (κ3) is 6.60. The van der Waals surface area contributed by atoms with Crippen molar-refractivity contribution >= 4 is 17.1 Å². The molecule has 0 unspecified atom stereocenters. The molecule has 0 amide bonds. The zero-order chi connectivity index (χ0) is 26.2. The van der Waals surface area contributed by atoms with Crippen LogP contribution in [-0.2, 0) is 6.54 Å². The van der Waals surface area contributed by atoms with E-state index in [1.54, 1.807) is 24.3 Å². The third-order valence-corrected chi connectivity index (χ3v) is 6.34. The Hall–Kier alpha value is -3.00. The van der Waals surface area contributed by atoms with Gasteiger partial charge in [0.25, 0.3) is 6.43 Å². The Balaban J connectivity index is 0.00000176. The Labute approximate surface area is 211 Å². The van der Waals surface area contributed by atoms with Crippen molar-refractivity contribution in [2.24, 2.45) is 16.1 Å². The lowest BCUT2D eigenvalue weighted by Crippen LogP contribution is -2.50. The summed E-state index contributed by atoms with van der Waals surface area (Å²) in [4.78, 5) is 4.21. The molecule has 0 spiro atoms. The predicted octanol–water partition coefficient (Wildman–Crippen LogP) is 7.06. The molecule has 2 aromatic rings. The van der Waals surface area contributed by atoms with Crippen LogP contribution >= 0.6 is 0 Å². The first kappa shape index (κ1) is 27.6. The second kappa shape index (κ2) is 12.8. The summed E-state index contributed by atoms with van der Waals surface area (Å²) >= 11 is 0. The molecule has 8 heteroatoms. The SMILES string of the molecule is C=C(C1CN(CCCC)C1)N(Cc1ccc(C2=NN=C(C(F)F)C2)cc1F)c1cccc(F)c1.CC. The monoisotopic (exact) mass is 502 g/mol. The number of hydrogen-bond donors (Lipinski definition) is 0. The first-order valence-electron chi connectivity index (χ1n) is 12.5. The molecule has 2 heterocycles.